The highest BCUT2D eigenvalue weighted by atomic mass is 16.5. The summed E-state index contributed by atoms with van der Waals surface area (Å²) in [4.78, 5) is 30.8. The maximum atomic E-state index is 13.0. The largest absolute Gasteiger partial charge is 0.488 e. The van der Waals surface area contributed by atoms with Crippen LogP contribution in [-0.2, 0) is 13.0 Å². The lowest BCUT2D eigenvalue weighted by Gasteiger charge is -2.15. The van der Waals surface area contributed by atoms with E-state index in [4.69, 9.17) is 4.74 Å². The van der Waals surface area contributed by atoms with E-state index >= 15 is 0 Å². The molecule has 0 spiro atoms. The highest BCUT2D eigenvalue weighted by molar-refractivity contribution is 6.03. The maximum absolute atomic E-state index is 13.0. The van der Waals surface area contributed by atoms with Crippen LogP contribution in [-0.4, -0.2) is 35.7 Å². The van der Waals surface area contributed by atoms with E-state index in [9.17, 15) is 9.59 Å². The standard InChI is InChI=1S/C23H22N2O3/c1-25(2)23(27)19-10-11-22(28-16-17-7-4-3-5-8-17)20(14-19)21(26)13-18-9-6-12-24-15-18/h3-12,14-15H,13,16H2,1-2H3. The fraction of sp³-hybridized carbons (Fsp3) is 0.174. The summed E-state index contributed by atoms with van der Waals surface area (Å²) < 4.78 is 5.92. The Kier molecular flexibility index (Phi) is 6.17. The molecular formula is C23H22N2O3. The average molecular weight is 374 g/mol. The van der Waals surface area contributed by atoms with Gasteiger partial charge in [0, 0.05) is 38.5 Å². The molecule has 0 radical (unpaired) electrons. The van der Waals surface area contributed by atoms with Crippen molar-refractivity contribution in [1.82, 2.24) is 9.88 Å². The lowest BCUT2D eigenvalue weighted by atomic mass is 10.0. The Morgan fingerprint density at radius 2 is 1.71 bits per heavy atom. The number of pyridine rings is 1. The van der Waals surface area contributed by atoms with Crippen molar-refractivity contribution in [2.45, 2.75) is 13.0 Å². The second-order valence-corrected chi connectivity index (χ2v) is 6.65. The van der Waals surface area contributed by atoms with Crippen molar-refractivity contribution < 1.29 is 14.3 Å². The second kappa shape index (κ2) is 8.95. The Hall–Kier alpha value is -3.47. The number of carbonyl (C=O) groups is 2. The minimum atomic E-state index is -0.162. The summed E-state index contributed by atoms with van der Waals surface area (Å²) >= 11 is 0. The average Bonchev–Trinajstić information content (AvgIpc) is 2.73. The van der Waals surface area contributed by atoms with Crippen LogP contribution in [0.2, 0.25) is 0 Å². The zero-order valence-electron chi connectivity index (χ0n) is 16.0. The minimum absolute atomic E-state index is 0.121. The number of amides is 1. The van der Waals surface area contributed by atoms with Crippen LogP contribution in [0.25, 0.3) is 0 Å². The number of ketones is 1. The molecule has 142 valence electrons. The quantitative estimate of drug-likeness (QED) is 0.591. The first-order chi connectivity index (χ1) is 13.5. The van der Waals surface area contributed by atoms with Gasteiger partial charge in [0.15, 0.2) is 5.78 Å². The molecule has 1 aromatic heterocycles. The van der Waals surface area contributed by atoms with Gasteiger partial charge in [0.25, 0.3) is 5.91 Å². The molecule has 5 nitrogen and oxygen atoms in total. The van der Waals surface area contributed by atoms with E-state index in [2.05, 4.69) is 4.98 Å². The summed E-state index contributed by atoms with van der Waals surface area (Å²) in [5.74, 6) is 0.183. The molecule has 0 aliphatic heterocycles. The Morgan fingerprint density at radius 3 is 2.39 bits per heavy atom. The number of aromatic nitrogens is 1. The van der Waals surface area contributed by atoms with Crippen LogP contribution >= 0.6 is 0 Å². The van der Waals surface area contributed by atoms with Crippen molar-refractivity contribution in [2.75, 3.05) is 14.1 Å². The predicted octanol–water partition coefficient (Wildman–Crippen LogP) is 3.79. The third-order valence-corrected chi connectivity index (χ3v) is 4.26. The Bertz CT molecular complexity index is 954. The predicted molar refractivity (Wildman–Crippen MR) is 108 cm³/mol. The van der Waals surface area contributed by atoms with Crippen LogP contribution in [0.4, 0.5) is 0 Å². The molecule has 0 aliphatic carbocycles. The summed E-state index contributed by atoms with van der Waals surface area (Å²) in [7, 11) is 3.36. The summed E-state index contributed by atoms with van der Waals surface area (Å²) in [5.41, 5.74) is 2.66. The molecule has 0 aliphatic rings. The summed E-state index contributed by atoms with van der Waals surface area (Å²) in [5, 5.41) is 0. The van der Waals surface area contributed by atoms with Crippen LogP contribution in [0, 0.1) is 0 Å². The Balaban J connectivity index is 1.89. The molecular weight excluding hydrogens is 352 g/mol. The maximum Gasteiger partial charge on any atom is 0.253 e. The monoisotopic (exact) mass is 374 g/mol. The van der Waals surface area contributed by atoms with Crippen LogP contribution in [0.5, 0.6) is 5.75 Å². The van der Waals surface area contributed by atoms with Gasteiger partial charge < -0.3 is 9.64 Å². The van der Waals surface area contributed by atoms with Crippen molar-refractivity contribution >= 4 is 11.7 Å². The number of hydrogen-bond donors (Lipinski definition) is 0. The third kappa shape index (κ3) is 4.82. The first-order valence-electron chi connectivity index (χ1n) is 8.99. The fourth-order valence-corrected chi connectivity index (χ4v) is 2.78. The van der Waals surface area contributed by atoms with Gasteiger partial charge in [-0.1, -0.05) is 36.4 Å². The number of hydrogen-bond acceptors (Lipinski definition) is 4. The molecule has 1 amide bonds. The summed E-state index contributed by atoms with van der Waals surface area (Å²) in [6, 6.07) is 18.4. The molecule has 3 aromatic rings. The number of rotatable bonds is 7. The number of benzene rings is 2. The van der Waals surface area contributed by atoms with Crippen LogP contribution < -0.4 is 4.74 Å². The Labute approximate surface area is 164 Å². The molecule has 0 N–H and O–H groups in total. The molecule has 28 heavy (non-hydrogen) atoms. The molecule has 0 unspecified atom stereocenters. The SMILES string of the molecule is CN(C)C(=O)c1ccc(OCc2ccccc2)c(C(=O)Cc2cccnc2)c1. The Morgan fingerprint density at radius 1 is 0.964 bits per heavy atom. The van der Waals surface area contributed by atoms with Crippen LogP contribution in [0.15, 0.2) is 73.1 Å². The van der Waals surface area contributed by atoms with E-state index in [1.54, 1.807) is 50.8 Å². The molecule has 0 saturated carbocycles. The number of Topliss-reactive ketones (excluding diaryl/α,β-unsaturated/α-hetero) is 1. The molecule has 5 heteroatoms. The van der Waals surface area contributed by atoms with Gasteiger partial charge in [0.2, 0.25) is 0 Å². The number of ether oxygens (including phenoxy) is 1. The zero-order chi connectivity index (χ0) is 19.9. The van der Waals surface area contributed by atoms with E-state index in [1.165, 1.54) is 4.90 Å². The van der Waals surface area contributed by atoms with Crippen molar-refractivity contribution in [3.05, 3.63) is 95.3 Å². The van der Waals surface area contributed by atoms with Gasteiger partial charge in [0.1, 0.15) is 12.4 Å². The van der Waals surface area contributed by atoms with E-state index in [0.717, 1.165) is 11.1 Å². The molecule has 0 bridgehead atoms. The highest BCUT2D eigenvalue weighted by Gasteiger charge is 2.18. The lowest BCUT2D eigenvalue weighted by molar-refractivity contribution is 0.0827. The normalized spacial score (nSPS) is 10.4. The van der Waals surface area contributed by atoms with Crippen molar-refractivity contribution in [3.8, 4) is 5.75 Å². The van der Waals surface area contributed by atoms with Gasteiger partial charge in [-0.25, -0.2) is 0 Å². The minimum Gasteiger partial charge on any atom is -0.488 e. The van der Waals surface area contributed by atoms with Gasteiger partial charge in [-0.2, -0.15) is 0 Å². The van der Waals surface area contributed by atoms with Gasteiger partial charge >= 0.3 is 0 Å². The van der Waals surface area contributed by atoms with Crippen LogP contribution in [0.1, 0.15) is 31.8 Å². The van der Waals surface area contributed by atoms with E-state index in [0.29, 0.717) is 23.5 Å². The van der Waals surface area contributed by atoms with Gasteiger partial charge in [0.05, 0.1) is 5.56 Å². The topological polar surface area (TPSA) is 59.5 Å². The summed E-state index contributed by atoms with van der Waals surface area (Å²) in [6.45, 7) is 0.342. The highest BCUT2D eigenvalue weighted by Crippen LogP contribution is 2.24. The fourth-order valence-electron chi connectivity index (χ4n) is 2.78. The molecule has 1 heterocycles. The zero-order valence-corrected chi connectivity index (χ0v) is 16.0. The summed E-state index contributed by atoms with van der Waals surface area (Å²) in [6.07, 6.45) is 3.52. The van der Waals surface area contributed by atoms with Gasteiger partial charge in [-0.15, -0.1) is 0 Å². The molecule has 3 rings (SSSR count). The van der Waals surface area contributed by atoms with E-state index < -0.39 is 0 Å². The second-order valence-electron chi connectivity index (χ2n) is 6.65. The molecule has 0 saturated heterocycles. The first-order valence-corrected chi connectivity index (χ1v) is 8.99. The van der Waals surface area contributed by atoms with Gasteiger partial charge in [-0.05, 0) is 35.4 Å². The van der Waals surface area contributed by atoms with Crippen molar-refractivity contribution in [1.29, 1.82) is 0 Å². The van der Waals surface area contributed by atoms with Gasteiger partial charge in [-0.3, -0.25) is 14.6 Å². The lowest BCUT2D eigenvalue weighted by Crippen LogP contribution is -2.22. The number of nitrogens with zero attached hydrogens (tertiary/aromatic N) is 2. The third-order valence-electron chi connectivity index (χ3n) is 4.26. The van der Waals surface area contributed by atoms with Crippen LogP contribution in [0.3, 0.4) is 0 Å². The van der Waals surface area contributed by atoms with E-state index in [1.807, 2.05) is 36.4 Å². The smallest absolute Gasteiger partial charge is 0.253 e. The molecule has 0 fully saturated rings. The van der Waals surface area contributed by atoms with E-state index in [-0.39, 0.29) is 18.1 Å². The van der Waals surface area contributed by atoms with Crippen molar-refractivity contribution in [3.63, 3.8) is 0 Å². The molecule has 2 aromatic carbocycles. The first kappa shape index (κ1) is 19.3. The number of carbonyl (C=O) groups excluding carboxylic acids is 2. The molecule has 0 atom stereocenters. The van der Waals surface area contributed by atoms with Crippen molar-refractivity contribution in [2.24, 2.45) is 0 Å².